The zero-order chi connectivity index (χ0) is 14.6. The van der Waals surface area contributed by atoms with Crippen LogP contribution in [0.25, 0.3) is 0 Å². The Morgan fingerprint density at radius 3 is 2.63 bits per heavy atom. The van der Waals surface area contributed by atoms with Crippen LogP contribution in [0.1, 0.15) is 30.6 Å². The summed E-state index contributed by atoms with van der Waals surface area (Å²) in [4.78, 5) is 11.8. The SMILES string of the molecule is CCC(C)CNC(=O)c1cc(S(N)(=O)=O)ccc1Cl. The second-order valence-corrected chi connectivity index (χ2v) is 6.38. The second-order valence-electron chi connectivity index (χ2n) is 4.41. The molecule has 0 heterocycles. The van der Waals surface area contributed by atoms with Crippen LogP contribution in [0.5, 0.6) is 0 Å². The zero-order valence-corrected chi connectivity index (χ0v) is 12.4. The molecule has 5 nitrogen and oxygen atoms in total. The maximum Gasteiger partial charge on any atom is 0.252 e. The van der Waals surface area contributed by atoms with Crippen molar-refractivity contribution in [2.45, 2.75) is 25.2 Å². The topological polar surface area (TPSA) is 89.3 Å². The van der Waals surface area contributed by atoms with Gasteiger partial charge in [0.05, 0.1) is 15.5 Å². The van der Waals surface area contributed by atoms with Crippen LogP contribution in [0.4, 0.5) is 0 Å². The van der Waals surface area contributed by atoms with E-state index in [0.717, 1.165) is 6.42 Å². The zero-order valence-electron chi connectivity index (χ0n) is 10.8. The molecule has 0 aliphatic rings. The number of hydrogen-bond donors (Lipinski definition) is 2. The summed E-state index contributed by atoms with van der Waals surface area (Å²) in [6.45, 7) is 4.53. The number of rotatable bonds is 5. The maximum absolute atomic E-state index is 11.9. The van der Waals surface area contributed by atoms with Crippen LogP contribution in [0.3, 0.4) is 0 Å². The number of benzene rings is 1. The van der Waals surface area contributed by atoms with Gasteiger partial charge in [0.25, 0.3) is 5.91 Å². The first-order valence-corrected chi connectivity index (χ1v) is 7.78. The minimum absolute atomic E-state index is 0.108. The molecule has 1 aromatic carbocycles. The van der Waals surface area contributed by atoms with Crippen molar-refractivity contribution in [2.75, 3.05) is 6.54 Å². The highest BCUT2D eigenvalue weighted by Gasteiger charge is 2.16. The Hall–Kier alpha value is -1.11. The molecule has 0 radical (unpaired) electrons. The molecule has 0 aliphatic carbocycles. The van der Waals surface area contributed by atoms with Gasteiger partial charge in [0.2, 0.25) is 10.0 Å². The third kappa shape index (κ3) is 4.49. The molecule has 1 atom stereocenters. The summed E-state index contributed by atoms with van der Waals surface area (Å²) in [5.74, 6) is -0.0695. The number of carbonyl (C=O) groups excluding carboxylic acids is 1. The van der Waals surface area contributed by atoms with Crippen LogP contribution in [-0.4, -0.2) is 20.9 Å². The average Bonchev–Trinajstić information content (AvgIpc) is 2.34. The Morgan fingerprint density at radius 2 is 2.11 bits per heavy atom. The molecule has 1 aromatic rings. The summed E-state index contributed by atoms with van der Waals surface area (Å²) >= 11 is 5.89. The monoisotopic (exact) mass is 304 g/mol. The predicted octanol–water partition coefficient (Wildman–Crippen LogP) is 1.76. The molecule has 0 spiro atoms. The lowest BCUT2D eigenvalue weighted by Gasteiger charge is -2.11. The van der Waals surface area contributed by atoms with E-state index >= 15 is 0 Å². The van der Waals surface area contributed by atoms with Crippen molar-refractivity contribution in [3.63, 3.8) is 0 Å². The lowest BCUT2D eigenvalue weighted by Crippen LogP contribution is -2.28. The van der Waals surface area contributed by atoms with Crippen LogP contribution in [0, 0.1) is 5.92 Å². The smallest absolute Gasteiger partial charge is 0.252 e. The van der Waals surface area contributed by atoms with Gasteiger partial charge in [-0.25, -0.2) is 13.6 Å². The molecule has 1 amide bonds. The standard InChI is InChI=1S/C12H17ClN2O3S/c1-3-8(2)7-15-12(16)10-6-9(19(14,17)18)4-5-11(10)13/h4-6,8H,3,7H2,1-2H3,(H,15,16)(H2,14,17,18). The van der Waals surface area contributed by atoms with E-state index in [9.17, 15) is 13.2 Å². The van der Waals surface area contributed by atoms with Gasteiger partial charge in [-0.1, -0.05) is 31.9 Å². The Bertz CT molecular complexity index is 572. The fourth-order valence-corrected chi connectivity index (χ4v) is 2.11. The molecule has 0 fully saturated rings. The summed E-state index contributed by atoms with van der Waals surface area (Å²) in [5, 5.41) is 7.92. The van der Waals surface area contributed by atoms with Gasteiger partial charge in [-0.3, -0.25) is 4.79 Å². The quantitative estimate of drug-likeness (QED) is 0.868. The maximum atomic E-state index is 11.9. The molecule has 7 heteroatoms. The highest BCUT2D eigenvalue weighted by atomic mass is 35.5. The Balaban J connectivity index is 2.96. The third-order valence-corrected chi connectivity index (χ3v) is 4.06. The van der Waals surface area contributed by atoms with E-state index < -0.39 is 15.9 Å². The number of amides is 1. The lowest BCUT2D eigenvalue weighted by molar-refractivity contribution is 0.0948. The number of sulfonamides is 1. The van der Waals surface area contributed by atoms with Gasteiger partial charge in [0.15, 0.2) is 0 Å². The van der Waals surface area contributed by atoms with Crippen molar-refractivity contribution in [1.82, 2.24) is 5.32 Å². The van der Waals surface area contributed by atoms with Crippen molar-refractivity contribution in [1.29, 1.82) is 0 Å². The van der Waals surface area contributed by atoms with Gasteiger partial charge < -0.3 is 5.32 Å². The fourth-order valence-electron chi connectivity index (χ4n) is 1.36. The first-order chi connectivity index (χ1) is 8.75. The normalized spacial score (nSPS) is 13.1. The molecule has 3 N–H and O–H groups in total. The molecule has 0 aliphatic heterocycles. The minimum Gasteiger partial charge on any atom is -0.352 e. The van der Waals surface area contributed by atoms with E-state index in [4.69, 9.17) is 16.7 Å². The molecule has 106 valence electrons. The van der Waals surface area contributed by atoms with Crippen molar-refractivity contribution in [2.24, 2.45) is 11.1 Å². The van der Waals surface area contributed by atoms with Gasteiger partial charge >= 0.3 is 0 Å². The summed E-state index contributed by atoms with van der Waals surface area (Å²) in [5.41, 5.74) is 0.108. The van der Waals surface area contributed by atoms with Crippen molar-refractivity contribution >= 4 is 27.5 Å². The number of halogens is 1. The summed E-state index contributed by atoms with van der Waals surface area (Å²) in [6, 6.07) is 3.80. The summed E-state index contributed by atoms with van der Waals surface area (Å²) in [7, 11) is -3.85. The number of primary sulfonamides is 1. The predicted molar refractivity (Wildman–Crippen MR) is 74.6 cm³/mol. The Kier molecular flexibility index (Phi) is 5.34. The molecule has 0 aromatic heterocycles. The van der Waals surface area contributed by atoms with Gasteiger partial charge in [0, 0.05) is 6.54 Å². The van der Waals surface area contributed by atoms with E-state index in [2.05, 4.69) is 5.32 Å². The first kappa shape index (κ1) is 15.9. The van der Waals surface area contributed by atoms with E-state index in [0.29, 0.717) is 12.5 Å². The third-order valence-electron chi connectivity index (χ3n) is 2.82. The van der Waals surface area contributed by atoms with Crippen LogP contribution in [0.15, 0.2) is 23.1 Å². The largest absolute Gasteiger partial charge is 0.352 e. The highest BCUT2D eigenvalue weighted by Crippen LogP contribution is 2.19. The lowest BCUT2D eigenvalue weighted by atomic mass is 10.1. The van der Waals surface area contributed by atoms with E-state index in [-0.39, 0.29) is 15.5 Å². The number of nitrogens with one attached hydrogen (secondary N) is 1. The van der Waals surface area contributed by atoms with Crippen LogP contribution in [0.2, 0.25) is 5.02 Å². The summed E-state index contributed by atoms with van der Waals surface area (Å²) in [6.07, 6.45) is 0.936. The molecule has 0 saturated carbocycles. The van der Waals surface area contributed by atoms with Gasteiger partial charge in [0.1, 0.15) is 0 Å². The van der Waals surface area contributed by atoms with Crippen LogP contribution in [-0.2, 0) is 10.0 Å². The molecule has 0 bridgehead atoms. The van der Waals surface area contributed by atoms with Crippen LogP contribution < -0.4 is 10.5 Å². The number of carbonyl (C=O) groups is 1. The fraction of sp³-hybridized carbons (Fsp3) is 0.417. The molecular weight excluding hydrogens is 288 g/mol. The molecular formula is C12H17ClN2O3S. The van der Waals surface area contributed by atoms with E-state index in [1.165, 1.54) is 18.2 Å². The Labute approximate surface area is 118 Å². The first-order valence-electron chi connectivity index (χ1n) is 5.86. The molecule has 1 unspecified atom stereocenters. The number of hydrogen-bond acceptors (Lipinski definition) is 3. The van der Waals surface area contributed by atoms with E-state index in [1.807, 2.05) is 13.8 Å². The van der Waals surface area contributed by atoms with Gasteiger partial charge in [-0.05, 0) is 24.1 Å². The van der Waals surface area contributed by atoms with Crippen molar-refractivity contribution < 1.29 is 13.2 Å². The van der Waals surface area contributed by atoms with Crippen molar-refractivity contribution in [3.05, 3.63) is 28.8 Å². The van der Waals surface area contributed by atoms with Crippen LogP contribution >= 0.6 is 11.6 Å². The molecule has 1 rings (SSSR count). The average molecular weight is 305 g/mol. The highest BCUT2D eigenvalue weighted by molar-refractivity contribution is 7.89. The van der Waals surface area contributed by atoms with E-state index in [1.54, 1.807) is 0 Å². The van der Waals surface area contributed by atoms with Crippen molar-refractivity contribution in [3.8, 4) is 0 Å². The molecule has 0 saturated heterocycles. The summed E-state index contributed by atoms with van der Waals surface area (Å²) < 4.78 is 22.5. The minimum atomic E-state index is -3.85. The second kappa shape index (κ2) is 6.36. The number of nitrogens with two attached hydrogens (primary N) is 1. The molecule has 19 heavy (non-hydrogen) atoms. The van der Waals surface area contributed by atoms with Gasteiger partial charge in [-0.15, -0.1) is 0 Å². The Morgan fingerprint density at radius 1 is 1.47 bits per heavy atom. The van der Waals surface area contributed by atoms with Gasteiger partial charge in [-0.2, -0.15) is 0 Å².